The van der Waals surface area contributed by atoms with E-state index in [0.29, 0.717) is 0 Å². The van der Waals surface area contributed by atoms with Crippen molar-refractivity contribution in [2.24, 2.45) is 5.10 Å². The molecule has 1 heterocycles. The van der Waals surface area contributed by atoms with Gasteiger partial charge in [-0.3, -0.25) is 20.0 Å². The summed E-state index contributed by atoms with van der Waals surface area (Å²) in [7, 11) is 0. The SMILES string of the molecule is CCOc1cc(/C=N/NC(=O)c2cc(C)[nH]n2)cc([N+](=O)[O-])c1O. The number of aryl methyl sites for hydroxylation is 1. The predicted molar refractivity (Wildman–Crippen MR) is 84.3 cm³/mol. The number of hydrogen-bond acceptors (Lipinski definition) is 7. The molecule has 3 N–H and O–H groups in total. The maximum Gasteiger partial charge on any atom is 0.315 e. The molecule has 24 heavy (non-hydrogen) atoms. The Labute approximate surface area is 136 Å². The number of carbonyl (C=O) groups is 1. The van der Waals surface area contributed by atoms with Crippen LogP contribution in [0.25, 0.3) is 0 Å². The number of benzene rings is 1. The van der Waals surface area contributed by atoms with E-state index in [1.165, 1.54) is 12.3 Å². The monoisotopic (exact) mass is 333 g/mol. The van der Waals surface area contributed by atoms with Crippen LogP contribution in [0.2, 0.25) is 0 Å². The Kier molecular flexibility index (Phi) is 5.09. The Bertz CT molecular complexity index is 799. The van der Waals surface area contributed by atoms with Gasteiger partial charge in [-0.2, -0.15) is 10.2 Å². The van der Waals surface area contributed by atoms with E-state index in [1.54, 1.807) is 19.9 Å². The molecule has 1 amide bonds. The Balaban J connectivity index is 2.19. The molecule has 2 aromatic rings. The minimum Gasteiger partial charge on any atom is -0.500 e. The molecular weight excluding hydrogens is 318 g/mol. The Morgan fingerprint density at radius 3 is 2.88 bits per heavy atom. The molecule has 10 nitrogen and oxygen atoms in total. The van der Waals surface area contributed by atoms with E-state index in [0.717, 1.165) is 11.8 Å². The predicted octanol–water partition coefficient (Wildman–Crippen LogP) is 1.49. The van der Waals surface area contributed by atoms with Crippen molar-refractivity contribution in [2.45, 2.75) is 13.8 Å². The van der Waals surface area contributed by atoms with Crippen LogP contribution in [0.4, 0.5) is 5.69 Å². The summed E-state index contributed by atoms with van der Waals surface area (Å²) in [4.78, 5) is 22.0. The first-order valence-electron chi connectivity index (χ1n) is 6.92. The Hall–Kier alpha value is -3.43. The molecule has 0 spiro atoms. The quantitative estimate of drug-likeness (QED) is 0.415. The van der Waals surface area contributed by atoms with Crippen LogP contribution in [-0.2, 0) is 0 Å². The zero-order chi connectivity index (χ0) is 17.7. The molecule has 10 heteroatoms. The summed E-state index contributed by atoms with van der Waals surface area (Å²) < 4.78 is 5.15. The standard InChI is InChI=1S/C14H15N5O5/c1-3-24-12-6-9(5-11(13(12)20)19(22)23)7-15-18-14(21)10-4-8(2)16-17-10/h4-7,20H,3H2,1-2H3,(H,16,17)(H,18,21)/b15-7+. The highest BCUT2D eigenvalue weighted by atomic mass is 16.6. The van der Waals surface area contributed by atoms with Crippen molar-refractivity contribution in [3.63, 3.8) is 0 Å². The maximum absolute atomic E-state index is 11.8. The van der Waals surface area contributed by atoms with Gasteiger partial charge in [-0.05, 0) is 26.0 Å². The summed E-state index contributed by atoms with van der Waals surface area (Å²) in [6, 6.07) is 4.04. The minimum absolute atomic E-state index is 0.0394. The molecule has 0 bridgehead atoms. The van der Waals surface area contributed by atoms with Gasteiger partial charge in [-0.15, -0.1) is 0 Å². The molecule has 0 fully saturated rings. The molecule has 0 saturated heterocycles. The van der Waals surface area contributed by atoms with Crippen molar-refractivity contribution < 1.29 is 19.6 Å². The highest BCUT2D eigenvalue weighted by Gasteiger charge is 2.19. The molecule has 126 valence electrons. The molecule has 0 radical (unpaired) electrons. The number of ether oxygens (including phenoxy) is 1. The maximum atomic E-state index is 11.8. The summed E-state index contributed by atoms with van der Waals surface area (Å²) in [5.41, 5.74) is 2.90. The average molecular weight is 333 g/mol. The normalized spacial score (nSPS) is 10.8. The van der Waals surface area contributed by atoms with Crippen LogP contribution >= 0.6 is 0 Å². The number of aromatic nitrogens is 2. The zero-order valence-corrected chi connectivity index (χ0v) is 12.9. The van der Waals surface area contributed by atoms with E-state index in [9.17, 15) is 20.0 Å². The lowest BCUT2D eigenvalue weighted by Gasteiger charge is -2.07. The van der Waals surface area contributed by atoms with Gasteiger partial charge in [0, 0.05) is 17.3 Å². The number of nitrogens with one attached hydrogen (secondary N) is 2. The zero-order valence-electron chi connectivity index (χ0n) is 12.9. The van der Waals surface area contributed by atoms with Crippen molar-refractivity contribution in [2.75, 3.05) is 6.61 Å². The van der Waals surface area contributed by atoms with E-state index in [4.69, 9.17) is 4.74 Å². The topological polar surface area (TPSA) is 143 Å². The van der Waals surface area contributed by atoms with E-state index in [1.807, 2.05) is 0 Å². The fraction of sp³-hybridized carbons (Fsp3) is 0.214. The second-order valence-corrected chi connectivity index (χ2v) is 4.71. The highest BCUT2D eigenvalue weighted by Crippen LogP contribution is 2.36. The van der Waals surface area contributed by atoms with Crippen molar-refractivity contribution in [3.05, 3.63) is 45.3 Å². The van der Waals surface area contributed by atoms with Gasteiger partial charge in [0.2, 0.25) is 5.75 Å². The fourth-order valence-electron chi connectivity index (χ4n) is 1.85. The number of hydrogen-bond donors (Lipinski definition) is 3. The first-order valence-corrected chi connectivity index (χ1v) is 6.92. The van der Waals surface area contributed by atoms with Crippen LogP contribution in [-0.4, -0.2) is 39.0 Å². The highest BCUT2D eigenvalue weighted by molar-refractivity contribution is 5.93. The number of phenolic OH excluding ortho intramolecular Hbond substituents is 1. The number of H-pyrrole nitrogens is 1. The van der Waals surface area contributed by atoms with Crippen LogP contribution in [0.3, 0.4) is 0 Å². The number of rotatable bonds is 6. The van der Waals surface area contributed by atoms with E-state index in [2.05, 4.69) is 20.7 Å². The van der Waals surface area contributed by atoms with Gasteiger partial charge >= 0.3 is 5.69 Å². The number of carbonyl (C=O) groups excluding carboxylic acids is 1. The number of nitrogens with zero attached hydrogens (tertiary/aromatic N) is 3. The summed E-state index contributed by atoms with van der Waals surface area (Å²) in [6.07, 6.45) is 1.20. The van der Waals surface area contributed by atoms with Gasteiger partial charge in [-0.25, -0.2) is 5.43 Å². The van der Waals surface area contributed by atoms with Crippen LogP contribution < -0.4 is 10.2 Å². The number of aromatic amines is 1. The number of phenols is 1. The number of aromatic hydroxyl groups is 1. The van der Waals surface area contributed by atoms with E-state index >= 15 is 0 Å². The van der Waals surface area contributed by atoms with Gasteiger partial charge in [0.05, 0.1) is 17.7 Å². The van der Waals surface area contributed by atoms with Gasteiger partial charge in [-0.1, -0.05) is 0 Å². The smallest absolute Gasteiger partial charge is 0.315 e. The van der Waals surface area contributed by atoms with Crippen molar-refractivity contribution in [1.29, 1.82) is 0 Å². The molecule has 0 atom stereocenters. The van der Waals surface area contributed by atoms with Crippen molar-refractivity contribution in [1.82, 2.24) is 15.6 Å². The number of hydrazone groups is 1. The van der Waals surface area contributed by atoms with Crippen molar-refractivity contribution >= 4 is 17.8 Å². The lowest BCUT2D eigenvalue weighted by Crippen LogP contribution is -2.18. The van der Waals surface area contributed by atoms with Crippen LogP contribution in [0.5, 0.6) is 11.5 Å². The average Bonchev–Trinajstić information content (AvgIpc) is 2.96. The molecule has 0 aliphatic carbocycles. The van der Waals surface area contributed by atoms with Crippen LogP contribution in [0.15, 0.2) is 23.3 Å². The molecule has 0 unspecified atom stereocenters. The summed E-state index contributed by atoms with van der Waals surface area (Å²) in [5.74, 6) is -1.13. The third kappa shape index (κ3) is 3.85. The molecule has 2 rings (SSSR count). The number of nitro groups is 1. The lowest BCUT2D eigenvalue weighted by molar-refractivity contribution is -0.386. The Morgan fingerprint density at radius 2 is 2.29 bits per heavy atom. The third-order valence-corrected chi connectivity index (χ3v) is 2.89. The summed E-state index contributed by atoms with van der Waals surface area (Å²) in [6.45, 7) is 3.65. The molecule has 1 aromatic carbocycles. The Morgan fingerprint density at radius 1 is 1.54 bits per heavy atom. The van der Waals surface area contributed by atoms with Crippen LogP contribution in [0, 0.1) is 17.0 Å². The summed E-state index contributed by atoms with van der Waals surface area (Å²) >= 11 is 0. The van der Waals surface area contributed by atoms with Gasteiger partial charge in [0.25, 0.3) is 5.91 Å². The first kappa shape index (κ1) is 16.9. The van der Waals surface area contributed by atoms with Gasteiger partial charge in [0.15, 0.2) is 11.4 Å². The molecular formula is C14H15N5O5. The second kappa shape index (κ2) is 7.22. The fourth-order valence-corrected chi connectivity index (χ4v) is 1.85. The molecule has 0 saturated carbocycles. The molecule has 0 aliphatic rings. The largest absolute Gasteiger partial charge is 0.500 e. The molecule has 1 aromatic heterocycles. The molecule has 0 aliphatic heterocycles. The summed E-state index contributed by atoms with van der Waals surface area (Å²) in [5, 5.41) is 30.9. The van der Waals surface area contributed by atoms with E-state index < -0.39 is 22.3 Å². The lowest BCUT2D eigenvalue weighted by atomic mass is 10.2. The second-order valence-electron chi connectivity index (χ2n) is 4.71. The van der Waals surface area contributed by atoms with E-state index in [-0.39, 0.29) is 23.6 Å². The van der Waals surface area contributed by atoms with Gasteiger partial charge in [0.1, 0.15) is 0 Å². The van der Waals surface area contributed by atoms with Crippen LogP contribution in [0.1, 0.15) is 28.7 Å². The third-order valence-electron chi connectivity index (χ3n) is 2.89. The van der Waals surface area contributed by atoms with Gasteiger partial charge < -0.3 is 9.84 Å². The van der Waals surface area contributed by atoms with Crippen molar-refractivity contribution in [3.8, 4) is 11.5 Å². The minimum atomic E-state index is -0.736. The number of amides is 1. The first-order chi connectivity index (χ1) is 11.4. The number of nitro benzene ring substituents is 1.